The molecule has 0 aliphatic rings. The van der Waals surface area contributed by atoms with Crippen LogP contribution in [0.1, 0.15) is 16.8 Å². The van der Waals surface area contributed by atoms with Gasteiger partial charge in [0.05, 0.1) is 5.69 Å². The molecule has 0 atom stereocenters. The largest absolute Gasteiger partial charge is 0.352 e. The van der Waals surface area contributed by atoms with E-state index in [2.05, 4.69) is 15.3 Å². The van der Waals surface area contributed by atoms with Crippen molar-refractivity contribution in [3.8, 4) is 5.69 Å². The average molecular weight is 272 g/mol. The van der Waals surface area contributed by atoms with Gasteiger partial charge in [0.25, 0.3) is 5.91 Å². The summed E-state index contributed by atoms with van der Waals surface area (Å²) in [5.74, 6) is -0.0317. The fourth-order valence-electron chi connectivity index (χ4n) is 1.89. The zero-order valence-corrected chi connectivity index (χ0v) is 11.9. The van der Waals surface area contributed by atoms with Crippen LogP contribution in [0.25, 0.3) is 5.69 Å². The van der Waals surface area contributed by atoms with Crippen molar-refractivity contribution in [2.75, 3.05) is 27.2 Å². The van der Waals surface area contributed by atoms with E-state index >= 15 is 0 Å². The first-order chi connectivity index (χ1) is 9.66. The number of benzene rings is 1. The maximum absolute atomic E-state index is 11.9. The Morgan fingerprint density at radius 1 is 1.30 bits per heavy atom. The van der Waals surface area contributed by atoms with E-state index in [1.165, 1.54) is 0 Å². The van der Waals surface area contributed by atoms with Gasteiger partial charge in [0.2, 0.25) is 0 Å². The molecular formula is C15H20N4O. The van der Waals surface area contributed by atoms with Crippen LogP contribution in [0.3, 0.4) is 0 Å². The van der Waals surface area contributed by atoms with Crippen molar-refractivity contribution in [1.29, 1.82) is 0 Å². The van der Waals surface area contributed by atoms with E-state index < -0.39 is 0 Å². The van der Waals surface area contributed by atoms with Gasteiger partial charge >= 0.3 is 0 Å². The topological polar surface area (TPSA) is 50.2 Å². The lowest BCUT2D eigenvalue weighted by molar-refractivity contribution is 0.0952. The Morgan fingerprint density at radius 2 is 2.05 bits per heavy atom. The van der Waals surface area contributed by atoms with Crippen molar-refractivity contribution >= 4 is 5.91 Å². The molecule has 1 heterocycles. The third-order valence-corrected chi connectivity index (χ3v) is 2.97. The van der Waals surface area contributed by atoms with Crippen LogP contribution in [-0.4, -0.2) is 47.8 Å². The molecule has 0 bridgehead atoms. The molecule has 2 aromatic rings. The minimum absolute atomic E-state index is 0.0317. The second-order valence-corrected chi connectivity index (χ2v) is 4.91. The highest BCUT2D eigenvalue weighted by Gasteiger charge is 2.05. The lowest BCUT2D eigenvalue weighted by atomic mass is 10.2. The summed E-state index contributed by atoms with van der Waals surface area (Å²) in [6.45, 7) is 1.66. The van der Waals surface area contributed by atoms with Crippen molar-refractivity contribution in [2.24, 2.45) is 0 Å². The molecule has 2 rings (SSSR count). The fourth-order valence-corrected chi connectivity index (χ4v) is 1.89. The predicted molar refractivity (Wildman–Crippen MR) is 79.1 cm³/mol. The molecule has 5 heteroatoms. The molecular weight excluding hydrogens is 252 g/mol. The van der Waals surface area contributed by atoms with Crippen molar-refractivity contribution in [3.63, 3.8) is 0 Å². The molecule has 1 amide bonds. The van der Waals surface area contributed by atoms with Gasteiger partial charge in [-0.2, -0.15) is 5.10 Å². The normalized spacial score (nSPS) is 10.8. The van der Waals surface area contributed by atoms with Crippen LogP contribution >= 0.6 is 0 Å². The summed E-state index contributed by atoms with van der Waals surface area (Å²) >= 11 is 0. The molecule has 0 unspecified atom stereocenters. The molecule has 5 nitrogen and oxygen atoms in total. The molecule has 0 fully saturated rings. The zero-order chi connectivity index (χ0) is 14.4. The monoisotopic (exact) mass is 272 g/mol. The van der Waals surface area contributed by atoms with Gasteiger partial charge in [0, 0.05) is 24.5 Å². The molecule has 1 aromatic heterocycles. The van der Waals surface area contributed by atoms with Gasteiger partial charge in [0.15, 0.2) is 0 Å². The first kappa shape index (κ1) is 14.3. The number of nitrogens with zero attached hydrogens (tertiary/aromatic N) is 3. The number of hydrogen-bond donors (Lipinski definition) is 1. The maximum atomic E-state index is 11.9. The Labute approximate surface area is 119 Å². The lowest BCUT2D eigenvalue weighted by Crippen LogP contribution is -2.27. The molecule has 0 aliphatic carbocycles. The summed E-state index contributed by atoms with van der Waals surface area (Å²) in [5, 5.41) is 7.07. The van der Waals surface area contributed by atoms with E-state index in [0.29, 0.717) is 12.1 Å². The number of carbonyl (C=O) groups excluding carboxylic acids is 1. The van der Waals surface area contributed by atoms with E-state index in [1.54, 1.807) is 10.9 Å². The summed E-state index contributed by atoms with van der Waals surface area (Å²) in [4.78, 5) is 14.0. The predicted octanol–water partition coefficient (Wildman–Crippen LogP) is 1.55. The van der Waals surface area contributed by atoms with E-state index in [9.17, 15) is 4.79 Å². The molecule has 1 N–H and O–H groups in total. The number of aromatic nitrogens is 2. The third-order valence-electron chi connectivity index (χ3n) is 2.97. The van der Waals surface area contributed by atoms with Gasteiger partial charge in [-0.15, -0.1) is 0 Å². The summed E-state index contributed by atoms with van der Waals surface area (Å²) < 4.78 is 1.76. The highest BCUT2D eigenvalue weighted by molar-refractivity contribution is 5.94. The van der Waals surface area contributed by atoms with Crippen LogP contribution in [0.2, 0.25) is 0 Å². The van der Waals surface area contributed by atoms with Crippen LogP contribution < -0.4 is 5.32 Å². The smallest absolute Gasteiger partial charge is 0.251 e. The van der Waals surface area contributed by atoms with Gasteiger partial charge in [-0.1, -0.05) is 0 Å². The Hall–Kier alpha value is -2.14. The maximum Gasteiger partial charge on any atom is 0.251 e. The van der Waals surface area contributed by atoms with E-state index in [4.69, 9.17) is 0 Å². The van der Waals surface area contributed by atoms with Crippen molar-refractivity contribution in [2.45, 2.75) is 6.42 Å². The summed E-state index contributed by atoms with van der Waals surface area (Å²) in [6.07, 6.45) is 4.55. The standard InChI is InChI=1S/C15H20N4O/c1-18(2)11-3-9-16-15(20)13-5-7-14(8-6-13)19-12-4-10-17-19/h4-8,10,12H,3,9,11H2,1-2H3,(H,16,20). The Morgan fingerprint density at radius 3 is 2.65 bits per heavy atom. The SMILES string of the molecule is CN(C)CCCNC(=O)c1ccc(-n2cccn2)cc1. The second kappa shape index (κ2) is 6.86. The highest BCUT2D eigenvalue weighted by Crippen LogP contribution is 2.08. The Kier molecular flexibility index (Phi) is 4.90. The van der Waals surface area contributed by atoms with Crippen LogP contribution in [0, 0.1) is 0 Å². The van der Waals surface area contributed by atoms with Crippen LogP contribution in [0.15, 0.2) is 42.7 Å². The molecule has 0 saturated carbocycles. The Bertz CT molecular complexity index is 532. The minimum Gasteiger partial charge on any atom is -0.352 e. The van der Waals surface area contributed by atoms with E-state index in [1.807, 2.05) is 50.6 Å². The molecule has 0 aliphatic heterocycles. The molecule has 20 heavy (non-hydrogen) atoms. The summed E-state index contributed by atoms with van der Waals surface area (Å²) in [6, 6.07) is 9.28. The van der Waals surface area contributed by atoms with E-state index in [0.717, 1.165) is 18.7 Å². The van der Waals surface area contributed by atoms with Crippen molar-refractivity contribution in [1.82, 2.24) is 20.0 Å². The number of rotatable bonds is 6. The van der Waals surface area contributed by atoms with Gasteiger partial charge in [-0.25, -0.2) is 4.68 Å². The van der Waals surface area contributed by atoms with Crippen molar-refractivity contribution in [3.05, 3.63) is 48.3 Å². The first-order valence-electron chi connectivity index (χ1n) is 6.70. The van der Waals surface area contributed by atoms with Gasteiger partial charge < -0.3 is 10.2 Å². The number of amides is 1. The molecule has 0 spiro atoms. The lowest BCUT2D eigenvalue weighted by Gasteiger charge is -2.10. The van der Waals surface area contributed by atoms with Crippen LogP contribution in [0.4, 0.5) is 0 Å². The average Bonchev–Trinajstić information content (AvgIpc) is 2.97. The quantitative estimate of drug-likeness (QED) is 0.812. The van der Waals surface area contributed by atoms with Crippen LogP contribution in [-0.2, 0) is 0 Å². The summed E-state index contributed by atoms with van der Waals surface area (Å²) in [5.41, 5.74) is 1.62. The fraction of sp³-hybridized carbons (Fsp3) is 0.333. The molecule has 0 saturated heterocycles. The second-order valence-electron chi connectivity index (χ2n) is 4.91. The minimum atomic E-state index is -0.0317. The molecule has 0 radical (unpaired) electrons. The van der Waals surface area contributed by atoms with Gasteiger partial charge in [0.1, 0.15) is 0 Å². The number of hydrogen-bond acceptors (Lipinski definition) is 3. The Balaban J connectivity index is 1.88. The van der Waals surface area contributed by atoms with Crippen molar-refractivity contribution < 1.29 is 4.79 Å². The van der Waals surface area contributed by atoms with E-state index in [-0.39, 0.29) is 5.91 Å². The van der Waals surface area contributed by atoms with Gasteiger partial charge in [-0.05, 0) is 57.4 Å². The number of carbonyl (C=O) groups is 1. The number of nitrogens with one attached hydrogen (secondary N) is 1. The molecule has 1 aromatic carbocycles. The zero-order valence-electron chi connectivity index (χ0n) is 11.9. The first-order valence-corrected chi connectivity index (χ1v) is 6.70. The molecule has 106 valence electrons. The third kappa shape index (κ3) is 3.93. The van der Waals surface area contributed by atoms with Gasteiger partial charge in [-0.3, -0.25) is 4.79 Å². The summed E-state index contributed by atoms with van der Waals surface area (Å²) in [7, 11) is 4.05. The van der Waals surface area contributed by atoms with Crippen LogP contribution in [0.5, 0.6) is 0 Å². The highest BCUT2D eigenvalue weighted by atomic mass is 16.1.